The summed E-state index contributed by atoms with van der Waals surface area (Å²) in [7, 11) is 1.36. The number of anilines is 1. The van der Waals surface area contributed by atoms with Gasteiger partial charge in [0.2, 0.25) is 0 Å². The maximum atomic E-state index is 13.7. The third-order valence-corrected chi connectivity index (χ3v) is 2.93. The summed E-state index contributed by atoms with van der Waals surface area (Å²) in [4.78, 5) is 0. The highest BCUT2D eigenvalue weighted by molar-refractivity contribution is 5.51. The van der Waals surface area contributed by atoms with Crippen LogP contribution in [0.3, 0.4) is 0 Å². The van der Waals surface area contributed by atoms with Gasteiger partial charge in [-0.2, -0.15) is 13.2 Å². The molecule has 112 valence electrons. The summed E-state index contributed by atoms with van der Waals surface area (Å²) in [6.07, 6.45) is -4.56. The Labute approximate surface area is 119 Å². The smallest absolute Gasteiger partial charge is 0.412 e. The minimum atomic E-state index is -4.56. The van der Waals surface area contributed by atoms with Crippen LogP contribution in [0.1, 0.15) is 11.6 Å². The summed E-state index contributed by atoms with van der Waals surface area (Å²) in [6.45, 7) is 0. The molecule has 0 spiro atoms. The Balaban J connectivity index is 2.36. The predicted octanol–water partition coefficient (Wildman–Crippen LogP) is 4.55. The molecule has 6 heteroatoms. The van der Waals surface area contributed by atoms with E-state index < -0.39 is 18.0 Å². The van der Waals surface area contributed by atoms with Crippen LogP contribution in [0.25, 0.3) is 0 Å². The lowest BCUT2D eigenvalue weighted by molar-refractivity contribution is -0.144. The van der Waals surface area contributed by atoms with Gasteiger partial charge in [0.05, 0.1) is 12.8 Å². The number of hydrogen-bond acceptors (Lipinski definition) is 2. The van der Waals surface area contributed by atoms with Gasteiger partial charge in [-0.25, -0.2) is 4.39 Å². The van der Waals surface area contributed by atoms with Crippen molar-refractivity contribution < 1.29 is 22.3 Å². The molecule has 0 saturated carbocycles. The van der Waals surface area contributed by atoms with Crippen LogP contribution >= 0.6 is 0 Å². The molecule has 21 heavy (non-hydrogen) atoms. The van der Waals surface area contributed by atoms with E-state index in [2.05, 4.69) is 5.32 Å². The third-order valence-electron chi connectivity index (χ3n) is 2.93. The number of ether oxygens (including phenoxy) is 1. The monoisotopic (exact) mass is 299 g/mol. The molecule has 2 rings (SSSR count). The molecule has 1 atom stereocenters. The molecule has 1 N–H and O–H groups in total. The van der Waals surface area contributed by atoms with E-state index in [-0.39, 0.29) is 17.0 Å². The SMILES string of the molecule is COc1ccc(F)c(NC(c2ccccc2)C(F)(F)F)c1. The van der Waals surface area contributed by atoms with Crippen molar-refractivity contribution in [1.29, 1.82) is 0 Å². The Morgan fingerprint density at radius 1 is 1.05 bits per heavy atom. The van der Waals surface area contributed by atoms with Crippen molar-refractivity contribution >= 4 is 5.69 Å². The van der Waals surface area contributed by atoms with Crippen LogP contribution in [0.4, 0.5) is 23.2 Å². The highest BCUT2D eigenvalue weighted by atomic mass is 19.4. The van der Waals surface area contributed by atoms with Crippen molar-refractivity contribution in [2.24, 2.45) is 0 Å². The minimum absolute atomic E-state index is 0.00669. The zero-order valence-electron chi connectivity index (χ0n) is 11.1. The Hall–Kier alpha value is -2.24. The number of benzene rings is 2. The Morgan fingerprint density at radius 3 is 2.29 bits per heavy atom. The predicted molar refractivity (Wildman–Crippen MR) is 71.8 cm³/mol. The Bertz CT molecular complexity index is 598. The van der Waals surface area contributed by atoms with Crippen molar-refractivity contribution in [3.63, 3.8) is 0 Å². The first-order valence-electron chi connectivity index (χ1n) is 6.13. The topological polar surface area (TPSA) is 21.3 Å². The van der Waals surface area contributed by atoms with Crippen molar-refractivity contribution in [3.05, 3.63) is 59.9 Å². The first-order chi connectivity index (χ1) is 9.91. The number of alkyl halides is 3. The lowest BCUT2D eigenvalue weighted by atomic mass is 10.1. The summed E-state index contributed by atoms with van der Waals surface area (Å²) < 4.78 is 58.1. The molecule has 2 nitrogen and oxygen atoms in total. The molecule has 0 heterocycles. The largest absolute Gasteiger partial charge is 0.497 e. The van der Waals surface area contributed by atoms with Crippen LogP contribution < -0.4 is 10.1 Å². The van der Waals surface area contributed by atoms with Gasteiger partial charge in [0.1, 0.15) is 17.6 Å². The standard InChI is InChI=1S/C15H13F4NO/c1-21-11-7-8-12(16)13(9-11)20-14(15(17,18)19)10-5-3-2-4-6-10/h2-9,14,20H,1H3. The van der Waals surface area contributed by atoms with Crippen molar-refractivity contribution in [2.75, 3.05) is 12.4 Å². The van der Waals surface area contributed by atoms with Gasteiger partial charge in [-0.1, -0.05) is 30.3 Å². The molecule has 0 aliphatic rings. The van der Waals surface area contributed by atoms with E-state index >= 15 is 0 Å². The van der Waals surface area contributed by atoms with Gasteiger partial charge in [0.25, 0.3) is 0 Å². The van der Waals surface area contributed by atoms with Gasteiger partial charge in [-0.15, -0.1) is 0 Å². The first-order valence-corrected chi connectivity index (χ1v) is 6.13. The Kier molecular flexibility index (Phi) is 4.35. The molecule has 2 aromatic rings. The van der Waals surface area contributed by atoms with E-state index in [0.717, 1.165) is 6.07 Å². The zero-order chi connectivity index (χ0) is 15.5. The third kappa shape index (κ3) is 3.65. The van der Waals surface area contributed by atoms with Crippen LogP contribution in [-0.2, 0) is 0 Å². The summed E-state index contributed by atoms with van der Waals surface area (Å²) in [5, 5.41) is 2.20. The number of halogens is 4. The van der Waals surface area contributed by atoms with E-state index in [1.807, 2.05) is 0 Å². The lowest BCUT2D eigenvalue weighted by Gasteiger charge is -2.23. The highest BCUT2D eigenvalue weighted by Crippen LogP contribution is 2.36. The maximum absolute atomic E-state index is 13.7. The van der Waals surface area contributed by atoms with E-state index in [1.54, 1.807) is 6.07 Å². The lowest BCUT2D eigenvalue weighted by Crippen LogP contribution is -2.28. The van der Waals surface area contributed by atoms with Crippen molar-refractivity contribution in [2.45, 2.75) is 12.2 Å². The average Bonchev–Trinajstić information content (AvgIpc) is 2.46. The van der Waals surface area contributed by atoms with E-state index in [9.17, 15) is 17.6 Å². The van der Waals surface area contributed by atoms with E-state index in [1.165, 1.54) is 43.5 Å². The molecule has 0 aromatic heterocycles. The fraction of sp³-hybridized carbons (Fsp3) is 0.200. The molecule has 0 bridgehead atoms. The number of rotatable bonds is 4. The second-order valence-corrected chi connectivity index (χ2v) is 4.38. The van der Waals surface area contributed by atoms with Gasteiger partial charge < -0.3 is 10.1 Å². The second-order valence-electron chi connectivity index (χ2n) is 4.38. The molecule has 0 fully saturated rings. The van der Waals surface area contributed by atoms with E-state index in [0.29, 0.717) is 0 Å². The van der Waals surface area contributed by atoms with Gasteiger partial charge in [0.15, 0.2) is 0 Å². The van der Waals surface area contributed by atoms with Crippen molar-refractivity contribution in [3.8, 4) is 5.75 Å². The van der Waals surface area contributed by atoms with Gasteiger partial charge in [-0.3, -0.25) is 0 Å². The van der Waals surface area contributed by atoms with Crippen LogP contribution in [0.5, 0.6) is 5.75 Å². The molecule has 0 aliphatic heterocycles. The second kappa shape index (κ2) is 6.03. The summed E-state index contributed by atoms with van der Waals surface area (Å²) >= 11 is 0. The molecule has 0 saturated heterocycles. The molecular formula is C15H13F4NO. The first kappa shape index (κ1) is 15.2. The molecule has 1 unspecified atom stereocenters. The van der Waals surface area contributed by atoms with Crippen LogP contribution in [0, 0.1) is 5.82 Å². The zero-order valence-corrected chi connectivity index (χ0v) is 11.1. The molecule has 0 amide bonds. The summed E-state index contributed by atoms with van der Waals surface area (Å²) in [6, 6.07) is 8.87. The highest BCUT2D eigenvalue weighted by Gasteiger charge is 2.41. The number of methoxy groups -OCH3 is 1. The summed E-state index contributed by atoms with van der Waals surface area (Å²) in [5.41, 5.74) is -0.257. The van der Waals surface area contributed by atoms with Gasteiger partial charge >= 0.3 is 6.18 Å². The molecule has 0 aliphatic carbocycles. The van der Waals surface area contributed by atoms with Crippen LogP contribution in [0.2, 0.25) is 0 Å². The average molecular weight is 299 g/mol. The quantitative estimate of drug-likeness (QED) is 0.836. The van der Waals surface area contributed by atoms with Crippen LogP contribution in [0.15, 0.2) is 48.5 Å². The Morgan fingerprint density at radius 2 is 1.71 bits per heavy atom. The number of nitrogens with one attached hydrogen (secondary N) is 1. The van der Waals surface area contributed by atoms with Gasteiger partial charge in [-0.05, 0) is 17.7 Å². The normalized spacial score (nSPS) is 12.8. The molecular weight excluding hydrogens is 286 g/mol. The fourth-order valence-corrected chi connectivity index (χ4v) is 1.90. The summed E-state index contributed by atoms with van der Waals surface area (Å²) in [5.74, 6) is -0.506. The molecule has 2 aromatic carbocycles. The molecule has 0 radical (unpaired) electrons. The van der Waals surface area contributed by atoms with Crippen LogP contribution in [-0.4, -0.2) is 13.3 Å². The maximum Gasteiger partial charge on any atom is 0.412 e. The minimum Gasteiger partial charge on any atom is -0.497 e. The fourth-order valence-electron chi connectivity index (χ4n) is 1.90. The number of hydrogen-bond donors (Lipinski definition) is 1. The van der Waals surface area contributed by atoms with Gasteiger partial charge in [0, 0.05) is 6.07 Å². The van der Waals surface area contributed by atoms with E-state index in [4.69, 9.17) is 4.74 Å². The van der Waals surface area contributed by atoms with Crippen molar-refractivity contribution in [1.82, 2.24) is 0 Å².